The predicted molar refractivity (Wildman–Crippen MR) is 70.3 cm³/mol. The highest BCUT2D eigenvalue weighted by atomic mass is 16.2. The Morgan fingerprint density at radius 2 is 2.00 bits per heavy atom. The van der Waals surface area contributed by atoms with Crippen LogP contribution in [-0.4, -0.2) is 52.0 Å². The van der Waals surface area contributed by atoms with E-state index in [-0.39, 0.29) is 5.91 Å². The average Bonchev–Trinajstić information content (AvgIpc) is 3.05. The normalized spacial score (nSPS) is 27.1. The molecule has 0 bridgehead atoms. The van der Waals surface area contributed by atoms with Gasteiger partial charge in [-0.05, 0) is 37.8 Å². The minimum absolute atomic E-state index is 0.253. The molecule has 0 radical (unpaired) electrons. The lowest BCUT2D eigenvalue weighted by atomic mass is 9.92. The highest BCUT2D eigenvalue weighted by molar-refractivity contribution is 5.76. The molecule has 2 fully saturated rings. The molecule has 19 heavy (non-hydrogen) atoms. The van der Waals surface area contributed by atoms with Gasteiger partial charge in [0, 0.05) is 25.7 Å². The molecule has 3 heterocycles. The Hall–Kier alpha value is -1.43. The Morgan fingerprint density at radius 3 is 2.63 bits per heavy atom. The molecule has 1 amide bonds. The standard InChI is InChI=1S/C13H21N5O/c19-13(3-7-18-8-4-15-16-18)17-5-1-11-9-14-10-12(11)2-6-17/h4,8,11-12,14H,1-3,5-7,9-10H2/t11-,12+. The summed E-state index contributed by atoms with van der Waals surface area (Å²) in [6.07, 6.45) is 6.26. The first kappa shape index (κ1) is 12.6. The first-order valence-corrected chi connectivity index (χ1v) is 7.15. The Labute approximate surface area is 113 Å². The van der Waals surface area contributed by atoms with Crippen LogP contribution in [0.1, 0.15) is 19.3 Å². The van der Waals surface area contributed by atoms with E-state index in [1.165, 1.54) is 0 Å². The number of carbonyl (C=O) groups is 1. The van der Waals surface area contributed by atoms with Crippen molar-refractivity contribution in [1.29, 1.82) is 0 Å². The van der Waals surface area contributed by atoms with Crippen molar-refractivity contribution in [2.24, 2.45) is 11.8 Å². The molecule has 1 aromatic heterocycles. The molecule has 0 unspecified atom stereocenters. The number of fused-ring (bicyclic) bond motifs is 1. The summed E-state index contributed by atoms with van der Waals surface area (Å²) in [6, 6.07) is 0. The molecule has 1 N–H and O–H groups in total. The molecular weight excluding hydrogens is 242 g/mol. The van der Waals surface area contributed by atoms with Crippen LogP contribution in [0.15, 0.2) is 12.4 Å². The van der Waals surface area contributed by atoms with Crippen molar-refractivity contribution in [1.82, 2.24) is 25.2 Å². The van der Waals surface area contributed by atoms with Crippen molar-refractivity contribution in [2.45, 2.75) is 25.8 Å². The summed E-state index contributed by atoms with van der Waals surface area (Å²) in [7, 11) is 0. The van der Waals surface area contributed by atoms with Gasteiger partial charge in [0.25, 0.3) is 0 Å². The van der Waals surface area contributed by atoms with Gasteiger partial charge in [-0.3, -0.25) is 9.48 Å². The van der Waals surface area contributed by atoms with E-state index < -0.39 is 0 Å². The predicted octanol–water partition coefficient (Wildman–Crippen LogP) is 0.126. The number of rotatable bonds is 3. The van der Waals surface area contributed by atoms with Crippen LogP contribution in [0.25, 0.3) is 0 Å². The number of aryl methyl sites for hydroxylation is 1. The maximum atomic E-state index is 12.2. The third-order valence-electron chi connectivity index (χ3n) is 4.40. The van der Waals surface area contributed by atoms with Crippen LogP contribution >= 0.6 is 0 Å². The molecule has 1 aromatic rings. The Kier molecular flexibility index (Phi) is 3.77. The lowest BCUT2D eigenvalue weighted by molar-refractivity contribution is -0.131. The van der Waals surface area contributed by atoms with Gasteiger partial charge in [0.1, 0.15) is 0 Å². The smallest absolute Gasteiger partial charge is 0.224 e. The number of nitrogens with one attached hydrogen (secondary N) is 1. The van der Waals surface area contributed by atoms with Crippen LogP contribution < -0.4 is 5.32 Å². The zero-order valence-corrected chi connectivity index (χ0v) is 11.2. The summed E-state index contributed by atoms with van der Waals surface area (Å²) in [5, 5.41) is 11.1. The Bertz CT molecular complexity index is 405. The first-order chi connectivity index (χ1) is 9.33. The molecule has 2 atom stereocenters. The number of hydrogen-bond acceptors (Lipinski definition) is 4. The summed E-state index contributed by atoms with van der Waals surface area (Å²) in [5.74, 6) is 1.80. The molecule has 2 saturated heterocycles. The molecule has 6 nitrogen and oxygen atoms in total. The molecule has 0 spiro atoms. The second-order valence-corrected chi connectivity index (χ2v) is 5.55. The van der Waals surface area contributed by atoms with Crippen LogP contribution in [0.2, 0.25) is 0 Å². The minimum Gasteiger partial charge on any atom is -0.343 e. The second kappa shape index (κ2) is 5.69. The number of likely N-dealkylation sites (tertiary alicyclic amines) is 1. The second-order valence-electron chi connectivity index (χ2n) is 5.55. The summed E-state index contributed by atoms with van der Waals surface area (Å²) in [4.78, 5) is 14.3. The van der Waals surface area contributed by atoms with Crippen LogP contribution in [0.3, 0.4) is 0 Å². The number of carbonyl (C=O) groups excluding carboxylic acids is 1. The van der Waals surface area contributed by atoms with E-state index in [1.54, 1.807) is 17.1 Å². The van der Waals surface area contributed by atoms with Crippen molar-refractivity contribution in [3.05, 3.63) is 12.4 Å². The fraction of sp³-hybridized carbons (Fsp3) is 0.769. The van der Waals surface area contributed by atoms with Gasteiger partial charge in [-0.25, -0.2) is 0 Å². The van der Waals surface area contributed by atoms with Crippen molar-refractivity contribution in [3.63, 3.8) is 0 Å². The molecular formula is C13H21N5O. The lowest BCUT2D eigenvalue weighted by Gasteiger charge is -2.20. The number of nitrogens with zero attached hydrogens (tertiary/aromatic N) is 4. The summed E-state index contributed by atoms with van der Waals surface area (Å²) >= 11 is 0. The summed E-state index contributed by atoms with van der Waals surface area (Å²) in [5.41, 5.74) is 0. The van der Waals surface area contributed by atoms with E-state index in [0.717, 1.165) is 50.9 Å². The van der Waals surface area contributed by atoms with Crippen molar-refractivity contribution >= 4 is 5.91 Å². The number of hydrogen-bond donors (Lipinski definition) is 1. The van der Waals surface area contributed by atoms with Gasteiger partial charge >= 0.3 is 0 Å². The monoisotopic (exact) mass is 263 g/mol. The molecule has 0 saturated carbocycles. The number of amides is 1. The average molecular weight is 263 g/mol. The maximum Gasteiger partial charge on any atom is 0.224 e. The van der Waals surface area contributed by atoms with Crippen LogP contribution in [0.4, 0.5) is 0 Å². The highest BCUT2D eigenvalue weighted by Gasteiger charge is 2.31. The zero-order valence-electron chi connectivity index (χ0n) is 11.2. The fourth-order valence-corrected chi connectivity index (χ4v) is 3.19. The van der Waals surface area contributed by atoms with E-state index in [0.29, 0.717) is 13.0 Å². The van der Waals surface area contributed by atoms with E-state index in [4.69, 9.17) is 0 Å². The Balaban J connectivity index is 1.50. The highest BCUT2D eigenvalue weighted by Crippen LogP contribution is 2.27. The SMILES string of the molecule is O=C(CCn1ccnn1)N1CC[C@@H]2CNC[C@@H]2CC1. The van der Waals surface area contributed by atoms with Crippen LogP contribution in [0, 0.1) is 11.8 Å². The van der Waals surface area contributed by atoms with E-state index >= 15 is 0 Å². The summed E-state index contributed by atoms with van der Waals surface area (Å²) in [6.45, 7) is 4.72. The third kappa shape index (κ3) is 2.94. The maximum absolute atomic E-state index is 12.2. The van der Waals surface area contributed by atoms with Crippen molar-refractivity contribution in [2.75, 3.05) is 26.2 Å². The Morgan fingerprint density at radius 1 is 1.26 bits per heavy atom. The first-order valence-electron chi connectivity index (χ1n) is 7.15. The van der Waals surface area contributed by atoms with Gasteiger partial charge in [-0.1, -0.05) is 5.21 Å². The van der Waals surface area contributed by atoms with Crippen molar-refractivity contribution < 1.29 is 4.79 Å². The van der Waals surface area contributed by atoms with Crippen molar-refractivity contribution in [3.8, 4) is 0 Å². The van der Waals surface area contributed by atoms with Gasteiger partial charge in [0.15, 0.2) is 0 Å². The van der Waals surface area contributed by atoms with Crippen LogP contribution in [0.5, 0.6) is 0 Å². The van der Waals surface area contributed by atoms with Gasteiger partial charge in [0.2, 0.25) is 5.91 Å². The molecule has 2 aliphatic rings. The van der Waals surface area contributed by atoms with Crippen LogP contribution in [-0.2, 0) is 11.3 Å². The molecule has 0 aliphatic carbocycles. The van der Waals surface area contributed by atoms with Gasteiger partial charge < -0.3 is 10.2 Å². The van der Waals surface area contributed by atoms with E-state index in [1.807, 2.05) is 4.90 Å². The molecule has 104 valence electrons. The quantitative estimate of drug-likeness (QED) is 0.842. The zero-order chi connectivity index (χ0) is 13.1. The fourth-order valence-electron chi connectivity index (χ4n) is 3.19. The van der Waals surface area contributed by atoms with E-state index in [9.17, 15) is 4.79 Å². The number of aromatic nitrogens is 3. The lowest BCUT2D eigenvalue weighted by Crippen LogP contribution is -2.33. The topological polar surface area (TPSA) is 63.1 Å². The van der Waals surface area contributed by atoms with Gasteiger partial charge in [0.05, 0.1) is 12.7 Å². The van der Waals surface area contributed by atoms with Gasteiger partial charge in [-0.2, -0.15) is 0 Å². The molecule has 0 aromatic carbocycles. The van der Waals surface area contributed by atoms with Gasteiger partial charge in [-0.15, -0.1) is 5.10 Å². The third-order valence-corrected chi connectivity index (χ3v) is 4.40. The molecule has 2 aliphatic heterocycles. The molecule has 3 rings (SSSR count). The molecule has 6 heteroatoms. The largest absolute Gasteiger partial charge is 0.343 e. The minimum atomic E-state index is 0.253. The van der Waals surface area contributed by atoms with E-state index in [2.05, 4.69) is 15.6 Å². The summed E-state index contributed by atoms with van der Waals surface area (Å²) < 4.78 is 1.72.